The van der Waals surface area contributed by atoms with Gasteiger partial charge in [0.15, 0.2) is 11.5 Å². The Hall–Kier alpha value is -3.51. The van der Waals surface area contributed by atoms with Gasteiger partial charge in [0.05, 0.1) is 31.9 Å². The van der Waals surface area contributed by atoms with Crippen molar-refractivity contribution in [3.05, 3.63) is 60.6 Å². The first-order valence-electron chi connectivity index (χ1n) is 11.9. The molecular formula is C27H30N4O5P2. The van der Waals surface area contributed by atoms with Gasteiger partial charge in [-0.05, 0) is 50.3 Å². The molecule has 2 aromatic heterocycles. The van der Waals surface area contributed by atoms with E-state index in [1.54, 1.807) is 31.6 Å². The number of carbonyl (C=O) groups excluding carboxylic acids is 1. The first-order valence-corrected chi connectivity index (χ1v) is 13.0. The largest absolute Gasteiger partial charge is 0.496 e. The Morgan fingerprint density at radius 3 is 2.39 bits per heavy atom. The lowest BCUT2D eigenvalue weighted by molar-refractivity contribution is 0.102. The monoisotopic (exact) mass is 552 g/mol. The Morgan fingerprint density at radius 1 is 0.947 bits per heavy atom. The van der Waals surface area contributed by atoms with Crippen LogP contribution in [0.25, 0.3) is 10.9 Å². The number of anilines is 1. The molecule has 1 amide bonds. The van der Waals surface area contributed by atoms with Gasteiger partial charge in [-0.1, -0.05) is 0 Å². The third-order valence-electron chi connectivity index (χ3n) is 5.68. The van der Waals surface area contributed by atoms with Crippen LogP contribution in [0.1, 0.15) is 16.8 Å². The number of nitrogens with one attached hydrogen (secondary N) is 2. The molecule has 2 heterocycles. The van der Waals surface area contributed by atoms with Gasteiger partial charge in [-0.25, -0.2) is 0 Å². The van der Waals surface area contributed by atoms with Crippen LogP contribution in [0, 0.1) is 0 Å². The van der Waals surface area contributed by atoms with Crippen LogP contribution in [0.5, 0.6) is 28.7 Å². The van der Waals surface area contributed by atoms with Crippen molar-refractivity contribution in [2.75, 3.05) is 39.7 Å². The standard InChI is InChI=1S/C27H30N4O5P2/c1-28-7-4-10-35-23-14-19-17(13-22(23)34-3)21(6-9-30-19)36-26-24(37)11-16(12-25(26)38)31-27(32)18-15-29-8-5-20(18)33-2/h5-6,8-9,11-15,28H,4,7,10,37-38H2,1-3H3,(H,31,32). The van der Waals surface area contributed by atoms with Gasteiger partial charge in [-0.2, -0.15) is 0 Å². The molecule has 0 radical (unpaired) electrons. The van der Waals surface area contributed by atoms with E-state index in [4.69, 9.17) is 18.9 Å². The summed E-state index contributed by atoms with van der Waals surface area (Å²) in [6, 6.07) is 10.8. The van der Waals surface area contributed by atoms with E-state index in [1.165, 1.54) is 13.3 Å². The maximum Gasteiger partial charge on any atom is 0.261 e. The molecule has 0 saturated heterocycles. The van der Waals surface area contributed by atoms with Gasteiger partial charge >= 0.3 is 0 Å². The van der Waals surface area contributed by atoms with E-state index < -0.39 is 0 Å². The summed E-state index contributed by atoms with van der Waals surface area (Å²) in [7, 11) is 10.3. The molecule has 0 fully saturated rings. The molecule has 2 aromatic carbocycles. The molecule has 9 nitrogen and oxygen atoms in total. The molecule has 2 atom stereocenters. The smallest absolute Gasteiger partial charge is 0.261 e. The quantitative estimate of drug-likeness (QED) is 0.215. The molecule has 4 rings (SSSR count). The molecule has 11 heteroatoms. The third-order valence-corrected chi connectivity index (χ3v) is 6.54. The lowest BCUT2D eigenvalue weighted by Crippen LogP contribution is -2.17. The number of fused-ring (bicyclic) bond motifs is 1. The number of carbonyl (C=O) groups is 1. The number of hydrogen-bond acceptors (Lipinski definition) is 8. The lowest BCUT2D eigenvalue weighted by Gasteiger charge is -2.17. The molecule has 0 spiro atoms. The van der Waals surface area contributed by atoms with Crippen molar-refractivity contribution in [3.63, 3.8) is 0 Å². The predicted molar refractivity (Wildman–Crippen MR) is 156 cm³/mol. The van der Waals surface area contributed by atoms with Crippen molar-refractivity contribution < 1.29 is 23.7 Å². The number of ether oxygens (including phenoxy) is 4. The highest BCUT2D eigenvalue weighted by Crippen LogP contribution is 2.37. The Morgan fingerprint density at radius 2 is 1.68 bits per heavy atom. The summed E-state index contributed by atoms with van der Waals surface area (Å²) in [6.07, 6.45) is 5.60. The average Bonchev–Trinajstić information content (AvgIpc) is 2.92. The van der Waals surface area contributed by atoms with Crippen LogP contribution in [-0.2, 0) is 0 Å². The summed E-state index contributed by atoms with van der Waals surface area (Å²) in [5, 5.41) is 8.29. The van der Waals surface area contributed by atoms with E-state index in [-0.39, 0.29) is 5.91 Å². The molecule has 2 N–H and O–H groups in total. The first kappa shape index (κ1) is 27.5. The van der Waals surface area contributed by atoms with Crippen LogP contribution in [0.15, 0.2) is 55.0 Å². The van der Waals surface area contributed by atoms with Crippen molar-refractivity contribution in [2.45, 2.75) is 6.42 Å². The van der Waals surface area contributed by atoms with Gasteiger partial charge in [-0.3, -0.25) is 14.8 Å². The van der Waals surface area contributed by atoms with Gasteiger partial charge in [0, 0.05) is 46.3 Å². The van der Waals surface area contributed by atoms with Gasteiger partial charge < -0.3 is 29.6 Å². The van der Waals surface area contributed by atoms with E-state index in [1.807, 2.05) is 31.3 Å². The number of rotatable bonds is 11. The maximum absolute atomic E-state index is 12.8. The number of methoxy groups -OCH3 is 2. The highest BCUT2D eigenvalue weighted by Gasteiger charge is 2.17. The summed E-state index contributed by atoms with van der Waals surface area (Å²) in [5.74, 6) is 2.58. The fourth-order valence-corrected chi connectivity index (χ4v) is 4.80. The predicted octanol–water partition coefficient (Wildman–Crippen LogP) is 3.68. The van der Waals surface area contributed by atoms with Gasteiger partial charge in [-0.15, -0.1) is 18.5 Å². The van der Waals surface area contributed by atoms with Gasteiger partial charge in [0.1, 0.15) is 17.2 Å². The number of nitrogens with zero attached hydrogens (tertiary/aromatic N) is 2. The van der Waals surface area contributed by atoms with E-state index >= 15 is 0 Å². The van der Waals surface area contributed by atoms with E-state index in [2.05, 4.69) is 39.1 Å². The molecular weight excluding hydrogens is 522 g/mol. The molecule has 0 saturated carbocycles. The third kappa shape index (κ3) is 6.30. The van der Waals surface area contributed by atoms with Crippen LogP contribution in [-0.4, -0.2) is 50.3 Å². The minimum absolute atomic E-state index is 0.325. The number of aromatic nitrogens is 2. The minimum atomic E-state index is -0.325. The first-order chi connectivity index (χ1) is 18.4. The Labute approximate surface area is 226 Å². The molecule has 2 unspecified atom stereocenters. The zero-order valence-corrected chi connectivity index (χ0v) is 23.7. The maximum atomic E-state index is 12.8. The van der Waals surface area contributed by atoms with E-state index in [9.17, 15) is 4.79 Å². The van der Waals surface area contributed by atoms with Gasteiger partial charge in [0.25, 0.3) is 5.91 Å². The average molecular weight is 553 g/mol. The van der Waals surface area contributed by atoms with Crippen molar-refractivity contribution in [3.8, 4) is 28.7 Å². The molecule has 0 bridgehead atoms. The topological polar surface area (TPSA) is 104 Å². The second-order valence-electron chi connectivity index (χ2n) is 8.25. The fraction of sp³-hybridized carbons (Fsp3) is 0.222. The van der Waals surface area contributed by atoms with Gasteiger partial charge in [0.2, 0.25) is 0 Å². The highest BCUT2D eigenvalue weighted by atomic mass is 31.0. The molecule has 38 heavy (non-hydrogen) atoms. The number of pyridine rings is 2. The summed E-state index contributed by atoms with van der Waals surface area (Å²) < 4.78 is 23.1. The number of benzene rings is 2. The zero-order valence-electron chi connectivity index (χ0n) is 21.4. The van der Waals surface area contributed by atoms with Crippen LogP contribution in [0.4, 0.5) is 5.69 Å². The highest BCUT2D eigenvalue weighted by molar-refractivity contribution is 7.30. The zero-order chi connectivity index (χ0) is 27.1. The van der Waals surface area contributed by atoms with Crippen molar-refractivity contribution >= 4 is 51.6 Å². The SMILES string of the molecule is CNCCCOc1cc2nccc(Oc3c(P)cc(NC(=O)c4cnccc4OC)cc3P)c2cc1OC. The molecule has 198 valence electrons. The van der Waals surface area contributed by atoms with Crippen LogP contribution >= 0.6 is 18.5 Å². The van der Waals surface area contributed by atoms with Crippen LogP contribution in [0.2, 0.25) is 0 Å². The Bertz CT molecular complexity index is 1430. The summed E-state index contributed by atoms with van der Waals surface area (Å²) in [4.78, 5) is 21.3. The fourth-order valence-electron chi connectivity index (χ4n) is 3.82. The lowest BCUT2D eigenvalue weighted by atomic mass is 10.1. The summed E-state index contributed by atoms with van der Waals surface area (Å²) >= 11 is 0. The van der Waals surface area contributed by atoms with Crippen LogP contribution in [0.3, 0.4) is 0 Å². The molecule has 4 aromatic rings. The molecule has 0 aliphatic carbocycles. The Balaban J connectivity index is 1.59. The summed E-state index contributed by atoms with van der Waals surface area (Å²) in [5.41, 5.74) is 1.66. The Kier molecular flexibility index (Phi) is 9.29. The second-order valence-corrected chi connectivity index (χ2v) is 9.49. The van der Waals surface area contributed by atoms with Crippen LogP contribution < -0.4 is 40.2 Å². The van der Waals surface area contributed by atoms with E-state index in [0.717, 1.165) is 34.5 Å². The van der Waals surface area contributed by atoms with Crippen molar-refractivity contribution in [2.24, 2.45) is 0 Å². The normalized spacial score (nSPS) is 10.8. The number of amides is 1. The number of hydrogen-bond donors (Lipinski definition) is 2. The molecule has 0 aliphatic heterocycles. The van der Waals surface area contributed by atoms with Crippen molar-refractivity contribution in [1.29, 1.82) is 0 Å². The molecule has 0 aliphatic rings. The summed E-state index contributed by atoms with van der Waals surface area (Å²) in [6.45, 7) is 1.42. The van der Waals surface area contributed by atoms with E-state index in [0.29, 0.717) is 46.6 Å². The second kappa shape index (κ2) is 12.8. The minimum Gasteiger partial charge on any atom is -0.496 e. The van der Waals surface area contributed by atoms with Crippen molar-refractivity contribution in [1.82, 2.24) is 15.3 Å².